The van der Waals surface area contributed by atoms with Gasteiger partial charge in [0.05, 0.1) is 24.6 Å². The number of alkyl halides is 1. The number of halogens is 2. The summed E-state index contributed by atoms with van der Waals surface area (Å²) in [5.41, 5.74) is 1.92. The van der Waals surface area contributed by atoms with Crippen molar-refractivity contribution in [1.82, 2.24) is 0 Å². The summed E-state index contributed by atoms with van der Waals surface area (Å²) >= 11 is 12.6. The van der Waals surface area contributed by atoms with Gasteiger partial charge < -0.3 is 9.47 Å². The van der Waals surface area contributed by atoms with Crippen LogP contribution in [0.1, 0.15) is 16.5 Å². The fourth-order valence-corrected chi connectivity index (χ4v) is 2.35. The van der Waals surface area contributed by atoms with E-state index < -0.39 is 0 Å². The Bertz CT molecular complexity index is 553. The highest BCUT2D eigenvalue weighted by molar-refractivity contribution is 6.32. The maximum atomic E-state index is 6.45. The molecule has 2 rings (SSSR count). The van der Waals surface area contributed by atoms with Crippen LogP contribution in [-0.4, -0.2) is 14.2 Å². The first-order valence-electron chi connectivity index (χ1n) is 5.77. The number of rotatable bonds is 4. The van der Waals surface area contributed by atoms with Gasteiger partial charge in [-0.2, -0.15) is 0 Å². The molecule has 2 nitrogen and oxygen atoms in total. The average Bonchev–Trinajstić information content (AvgIpc) is 2.46. The molecule has 0 heterocycles. The first kappa shape index (κ1) is 14.0. The van der Waals surface area contributed by atoms with Gasteiger partial charge in [-0.3, -0.25) is 0 Å². The van der Waals surface area contributed by atoms with Crippen molar-refractivity contribution in [2.75, 3.05) is 14.2 Å². The summed E-state index contributed by atoms with van der Waals surface area (Å²) in [7, 11) is 3.22. The molecule has 100 valence electrons. The summed E-state index contributed by atoms with van der Waals surface area (Å²) in [6.07, 6.45) is 0. The predicted octanol–water partition coefficient (Wildman–Crippen LogP) is 4.69. The molecule has 2 aromatic carbocycles. The molecule has 0 saturated carbocycles. The van der Waals surface area contributed by atoms with Gasteiger partial charge in [0.2, 0.25) is 0 Å². The van der Waals surface area contributed by atoms with E-state index >= 15 is 0 Å². The van der Waals surface area contributed by atoms with Gasteiger partial charge in [-0.25, -0.2) is 0 Å². The van der Waals surface area contributed by atoms with Crippen molar-refractivity contribution in [3.8, 4) is 11.5 Å². The summed E-state index contributed by atoms with van der Waals surface area (Å²) in [5.74, 6) is 1.45. The Hall–Kier alpha value is -1.38. The van der Waals surface area contributed by atoms with Crippen LogP contribution in [0, 0.1) is 0 Å². The minimum absolute atomic E-state index is 0.255. The Morgan fingerprint density at radius 3 is 2.05 bits per heavy atom. The topological polar surface area (TPSA) is 18.5 Å². The van der Waals surface area contributed by atoms with Crippen LogP contribution in [0.2, 0.25) is 5.02 Å². The molecule has 19 heavy (non-hydrogen) atoms. The van der Waals surface area contributed by atoms with Crippen LogP contribution in [-0.2, 0) is 0 Å². The van der Waals surface area contributed by atoms with Crippen LogP contribution in [0.4, 0.5) is 0 Å². The van der Waals surface area contributed by atoms with Gasteiger partial charge in [0.25, 0.3) is 0 Å². The molecule has 0 aromatic heterocycles. The number of methoxy groups -OCH3 is 2. The van der Waals surface area contributed by atoms with Gasteiger partial charge in [0.15, 0.2) is 0 Å². The van der Waals surface area contributed by atoms with Gasteiger partial charge in [-0.15, -0.1) is 11.6 Å². The molecule has 0 aliphatic carbocycles. The van der Waals surface area contributed by atoms with E-state index in [1.807, 2.05) is 42.5 Å². The van der Waals surface area contributed by atoms with Crippen molar-refractivity contribution in [3.63, 3.8) is 0 Å². The molecule has 4 heteroatoms. The second kappa shape index (κ2) is 6.18. The van der Waals surface area contributed by atoms with Crippen molar-refractivity contribution in [2.24, 2.45) is 0 Å². The van der Waals surface area contributed by atoms with Crippen molar-refractivity contribution in [1.29, 1.82) is 0 Å². The maximum Gasteiger partial charge on any atom is 0.137 e. The molecule has 0 N–H and O–H groups in total. The van der Waals surface area contributed by atoms with E-state index in [4.69, 9.17) is 32.7 Å². The second-order valence-electron chi connectivity index (χ2n) is 4.03. The zero-order valence-corrected chi connectivity index (χ0v) is 12.2. The van der Waals surface area contributed by atoms with Crippen LogP contribution in [0.15, 0.2) is 42.5 Å². The van der Waals surface area contributed by atoms with Crippen LogP contribution in [0.5, 0.6) is 11.5 Å². The zero-order chi connectivity index (χ0) is 13.8. The van der Waals surface area contributed by atoms with E-state index in [2.05, 4.69) is 0 Å². The molecule has 1 atom stereocenters. The van der Waals surface area contributed by atoms with Crippen LogP contribution >= 0.6 is 23.2 Å². The molecule has 0 aliphatic rings. The molecule has 0 amide bonds. The van der Waals surface area contributed by atoms with E-state index in [0.717, 1.165) is 16.9 Å². The molecule has 1 unspecified atom stereocenters. The fraction of sp³-hybridized carbons (Fsp3) is 0.200. The van der Waals surface area contributed by atoms with E-state index in [1.54, 1.807) is 14.2 Å². The summed E-state index contributed by atoms with van der Waals surface area (Å²) in [6.45, 7) is 0. The molecule has 0 saturated heterocycles. The molecule has 0 bridgehead atoms. The number of ether oxygens (including phenoxy) is 2. The zero-order valence-electron chi connectivity index (χ0n) is 10.7. The lowest BCUT2D eigenvalue weighted by molar-refractivity contribution is 0.414. The molecule has 0 aliphatic heterocycles. The first-order chi connectivity index (χ1) is 9.15. The quantitative estimate of drug-likeness (QED) is 0.762. The van der Waals surface area contributed by atoms with Crippen LogP contribution in [0.3, 0.4) is 0 Å². The highest BCUT2D eigenvalue weighted by Crippen LogP contribution is 2.34. The van der Waals surface area contributed by atoms with Crippen molar-refractivity contribution >= 4 is 23.2 Å². The average molecular weight is 297 g/mol. The Labute approximate surface area is 122 Å². The summed E-state index contributed by atoms with van der Waals surface area (Å²) < 4.78 is 10.2. The van der Waals surface area contributed by atoms with Gasteiger partial charge in [-0.05, 0) is 35.4 Å². The highest BCUT2D eigenvalue weighted by Gasteiger charge is 2.13. The minimum atomic E-state index is -0.255. The number of hydrogen-bond donors (Lipinski definition) is 0. The summed E-state index contributed by atoms with van der Waals surface area (Å²) in [5, 5.41) is 0.300. The maximum absolute atomic E-state index is 6.45. The molecule has 0 spiro atoms. The van der Waals surface area contributed by atoms with Gasteiger partial charge in [-0.1, -0.05) is 29.8 Å². The lowest BCUT2D eigenvalue weighted by Crippen LogP contribution is -1.94. The third kappa shape index (κ3) is 3.14. The Morgan fingerprint density at radius 1 is 0.895 bits per heavy atom. The standard InChI is InChI=1S/C15H14Cl2O2/c1-18-12-6-3-10(4-7-12)15(17)11-5-8-14(19-2)13(16)9-11/h3-9,15H,1-2H3. The summed E-state index contributed by atoms with van der Waals surface area (Å²) in [6, 6.07) is 13.2. The third-order valence-electron chi connectivity index (χ3n) is 2.88. The molecule has 0 fully saturated rings. The SMILES string of the molecule is COc1ccc(C(Cl)c2ccc(OC)c(Cl)c2)cc1. The lowest BCUT2D eigenvalue weighted by atomic mass is 10.0. The minimum Gasteiger partial charge on any atom is -0.497 e. The first-order valence-corrected chi connectivity index (χ1v) is 6.58. The number of benzene rings is 2. The van der Waals surface area contributed by atoms with Crippen molar-refractivity contribution in [2.45, 2.75) is 5.38 Å². The lowest BCUT2D eigenvalue weighted by Gasteiger charge is -2.12. The fourth-order valence-electron chi connectivity index (χ4n) is 1.81. The van der Waals surface area contributed by atoms with E-state index in [0.29, 0.717) is 10.8 Å². The van der Waals surface area contributed by atoms with Crippen LogP contribution < -0.4 is 9.47 Å². The second-order valence-corrected chi connectivity index (χ2v) is 4.87. The van der Waals surface area contributed by atoms with Gasteiger partial charge in [0.1, 0.15) is 11.5 Å². The molecular formula is C15H14Cl2O2. The molecular weight excluding hydrogens is 283 g/mol. The Morgan fingerprint density at radius 2 is 1.53 bits per heavy atom. The smallest absolute Gasteiger partial charge is 0.137 e. The molecule has 2 aromatic rings. The van der Waals surface area contributed by atoms with E-state index in [9.17, 15) is 0 Å². The van der Waals surface area contributed by atoms with E-state index in [1.165, 1.54) is 0 Å². The molecule has 0 radical (unpaired) electrons. The van der Waals surface area contributed by atoms with Gasteiger partial charge in [0, 0.05) is 0 Å². The normalized spacial score (nSPS) is 12.0. The van der Waals surface area contributed by atoms with Crippen LogP contribution in [0.25, 0.3) is 0 Å². The number of hydrogen-bond acceptors (Lipinski definition) is 2. The summed E-state index contributed by atoms with van der Waals surface area (Å²) in [4.78, 5) is 0. The van der Waals surface area contributed by atoms with E-state index in [-0.39, 0.29) is 5.38 Å². The highest BCUT2D eigenvalue weighted by atomic mass is 35.5. The Balaban J connectivity index is 2.27. The van der Waals surface area contributed by atoms with Crippen molar-refractivity contribution < 1.29 is 9.47 Å². The Kier molecular flexibility index (Phi) is 4.56. The monoisotopic (exact) mass is 296 g/mol. The third-order valence-corrected chi connectivity index (χ3v) is 3.68. The van der Waals surface area contributed by atoms with Gasteiger partial charge >= 0.3 is 0 Å². The predicted molar refractivity (Wildman–Crippen MR) is 78.7 cm³/mol. The van der Waals surface area contributed by atoms with Crippen molar-refractivity contribution in [3.05, 3.63) is 58.6 Å². The largest absolute Gasteiger partial charge is 0.497 e.